The zero-order chi connectivity index (χ0) is 15.7. The molecule has 22 heavy (non-hydrogen) atoms. The predicted molar refractivity (Wildman–Crippen MR) is 103 cm³/mol. The van der Waals surface area contributed by atoms with Crippen molar-refractivity contribution >= 4 is 40.0 Å². The molecule has 0 bridgehead atoms. The Kier molecular flexibility index (Phi) is 11.4. The average Bonchev–Trinajstić information content (AvgIpc) is 2.45. The minimum atomic E-state index is -3.08. The Hall–Kier alpha value is -0.0900. The van der Waals surface area contributed by atoms with Gasteiger partial charge in [-0.1, -0.05) is 26.2 Å². The Morgan fingerprint density at radius 1 is 1.27 bits per heavy atom. The van der Waals surface area contributed by atoms with E-state index in [9.17, 15) is 8.42 Å². The fourth-order valence-corrected chi connectivity index (χ4v) is 3.59. The molecule has 1 aliphatic rings. The van der Waals surface area contributed by atoms with Gasteiger partial charge in [0.05, 0.1) is 6.26 Å². The summed E-state index contributed by atoms with van der Waals surface area (Å²) in [5.41, 5.74) is 0. The number of guanidine groups is 1. The first kappa shape index (κ1) is 21.9. The molecule has 0 saturated heterocycles. The summed E-state index contributed by atoms with van der Waals surface area (Å²) in [6.45, 7) is 3.65. The SMILES string of the molecule is CCN(CCCNC(=NC)NC1CCCCC1)S(C)(=O)=O.I. The highest BCUT2D eigenvalue weighted by molar-refractivity contribution is 14.0. The number of sulfonamides is 1. The summed E-state index contributed by atoms with van der Waals surface area (Å²) in [7, 11) is -1.31. The van der Waals surface area contributed by atoms with Gasteiger partial charge in [-0.15, -0.1) is 24.0 Å². The fourth-order valence-electron chi connectivity index (χ4n) is 2.66. The van der Waals surface area contributed by atoms with Crippen LogP contribution >= 0.6 is 24.0 Å². The zero-order valence-electron chi connectivity index (χ0n) is 14.0. The summed E-state index contributed by atoms with van der Waals surface area (Å²) >= 11 is 0. The molecule has 0 aromatic heterocycles. The van der Waals surface area contributed by atoms with Gasteiger partial charge in [-0.25, -0.2) is 12.7 Å². The smallest absolute Gasteiger partial charge is 0.211 e. The molecule has 2 N–H and O–H groups in total. The second-order valence-electron chi connectivity index (χ2n) is 5.59. The number of rotatable bonds is 7. The summed E-state index contributed by atoms with van der Waals surface area (Å²) in [6.07, 6.45) is 8.35. The number of hydrogen-bond acceptors (Lipinski definition) is 3. The Labute approximate surface area is 152 Å². The molecule has 0 aromatic rings. The lowest BCUT2D eigenvalue weighted by Gasteiger charge is -2.25. The summed E-state index contributed by atoms with van der Waals surface area (Å²) in [5.74, 6) is 0.823. The molecular weight excluding hydrogens is 415 g/mol. The predicted octanol–water partition coefficient (Wildman–Crippen LogP) is 1.77. The van der Waals surface area contributed by atoms with Crippen LogP contribution in [-0.2, 0) is 10.0 Å². The van der Waals surface area contributed by atoms with Crippen molar-refractivity contribution in [3.05, 3.63) is 0 Å². The molecule has 6 nitrogen and oxygen atoms in total. The van der Waals surface area contributed by atoms with Crippen molar-refractivity contribution in [2.75, 3.05) is 32.9 Å². The van der Waals surface area contributed by atoms with Gasteiger partial charge < -0.3 is 10.6 Å². The van der Waals surface area contributed by atoms with Crippen LogP contribution in [0.4, 0.5) is 0 Å². The van der Waals surface area contributed by atoms with E-state index in [-0.39, 0.29) is 24.0 Å². The van der Waals surface area contributed by atoms with Gasteiger partial charge in [-0.3, -0.25) is 4.99 Å². The topological polar surface area (TPSA) is 73.8 Å². The van der Waals surface area contributed by atoms with Crippen molar-refractivity contribution in [1.82, 2.24) is 14.9 Å². The molecular formula is C14H31IN4O2S. The zero-order valence-corrected chi connectivity index (χ0v) is 17.1. The Bertz CT molecular complexity index is 423. The van der Waals surface area contributed by atoms with Gasteiger partial charge >= 0.3 is 0 Å². The first-order valence-corrected chi connectivity index (χ1v) is 9.74. The third-order valence-corrected chi connectivity index (χ3v) is 5.25. The highest BCUT2D eigenvalue weighted by atomic mass is 127. The summed E-state index contributed by atoms with van der Waals surface area (Å²) in [5, 5.41) is 6.71. The minimum Gasteiger partial charge on any atom is -0.356 e. The second kappa shape index (κ2) is 11.4. The Morgan fingerprint density at radius 2 is 1.91 bits per heavy atom. The summed E-state index contributed by atoms with van der Waals surface area (Å²) in [6, 6.07) is 0.521. The number of halogens is 1. The quantitative estimate of drug-likeness (QED) is 0.271. The van der Waals surface area contributed by atoms with Crippen molar-refractivity contribution in [2.24, 2.45) is 4.99 Å². The van der Waals surface area contributed by atoms with Crippen LogP contribution in [0.2, 0.25) is 0 Å². The van der Waals surface area contributed by atoms with E-state index in [2.05, 4.69) is 15.6 Å². The van der Waals surface area contributed by atoms with E-state index in [1.54, 1.807) is 7.05 Å². The van der Waals surface area contributed by atoms with E-state index < -0.39 is 10.0 Å². The van der Waals surface area contributed by atoms with Crippen LogP contribution in [0, 0.1) is 0 Å². The van der Waals surface area contributed by atoms with Crippen molar-refractivity contribution < 1.29 is 8.42 Å². The second-order valence-corrected chi connectivity index (χ2v) is 7.57. The molecule has 0 aromatic carbocycles. The fraction of sp³-hybridized carbons (Fsp3) is 0.929. The van der Waals surface area contributed by atoms with Crippen LogP contribution in [0.25, 0.3) is 0 Å². The molecule has 0 unspecified atom stereocenters. The highest BCUT2D eigenvalue weighted by Crippen LogP contribution is 2.17. The van der Waals surface area contributed by atoms with Gasteiger partial charge in [0.2, 0.25) is 10.0 Å². The van der Waals surface area contributed by atoms with Crippen LogP contribution in [0.1, 0.15) is 45.4 Å². The lowest BCUT2D eigenvalue weighted by atomic mass is 9.96. The minimum absolute atomic E-state index is 0. The van der Waals surface area contributed by atoms with E-state index in [0.717, 1.165) is 18.9 Å². The maximum atomic E-state index is 11.5. The van der Waals surface area contributed by atoms with Crippen LogP contribution in [0.5, 0.6) is 0 Å². The molecule has 0 spiro atoms. The largest absolute Gasteiger partial charge is 0.356 e. The lowest BCUT2D eigenvalue weighted by molar-refractivity contribution is 0.407. The van der Waals surface area contributed by atoms with Gasteiger partial charge in [0.15, 0.2) is 5.96 Å². The highest BCUT2D eigenvalue weighted by Gasteiger charge is 2.15. The van der Waals surface area contributed by atoms with E-state index >= 15 is 0 Å². The van der Waals surface area contributed by atoms with E-state index in [1.807, 2.05) is 6.92 Å². The first-order chi connectivity index (χ1) is 9.97. The van der Waals surface area contributed by atoms with Gasteiger partial charge in [-0.05, 0) is 19.3 Å². The number of aliphatic imine (C=N–C) groups is 1. The van der Waals surface area contributed by atoms with Crippen molar-refractivity contribution in [3.8, 4) is 0 Å². The molecule has 132 valence electrons. The van der Waals surface area contributed by atoms with Gasteiger partial charge in [-0.2, -0.15) is 0 Å². The summed E-state index contributed by atoms with van der Waals surface area (Å²) in [4.78, 5) is 4.23. The van der Waals surface area contributed by atoms with E-state index in [4.69, 9.17) is 0 Å². The monoisotopic (exact) mass is 446 g/mol. The maximum Gasteiger partial charge on any atom is 0.211 e. The molecule has 1 fully saturated rings. The molecule has 0 amide bonds. The molecule has 1 aliphatic carbocycles. The number of nitrogens with zero attached hydrogens (tertiary/aromatic N) is 2. The van der Waals surface area contributed by atoms with Crippen molar-refractivity contribution in [3.63, 3.8) is 0 Å². The van der Waals surface area contributed by atoms with Crippen LogP contribution in [0.15, 0.2) is 4.99 Å². The maximum absolute atomic E-state index is 11.5. The molecule has 0 radical (unpaired) electrons. The van der Waals surface area contributed by atoms with Crippen LogP contribution in [0.3, 0.4) is 0 Å². The van der Waals surface area contributed by atoms with E-state index in [1.165, 1.54) is 42.7 Å². The third-order valence-electron chi connectivity index (χ3n) is 3.87. The van der Waals surface area contributed by atoms with Gasteiger partial charge in [0, 0.05) is 32.7 Å². The van der Waals surface area contributed by atoms with E-state index in [0.29, 0.717) is 19.1 Å². The molecule has 0 aliphatic heterocycles. The van der Waals surface area contributed by atoms with Gasteiger partial charge in [0.25, 0.3) is 0 Å². The Morgan fingerprint density at radius 3 is 2.41 bits per heavy atom. The molecule has 1 saturated carbocycles. The van der Waals surface area contributed by atoms with Crippen molar-refractivity contribution in [1.29, 1.82) is 0 Å². The average molecular weight is 446 g/mol. The molecule has 0 atom stereocenters. The van der Waals surface area contributed by atoms with Crippen LogP contribution < -0.4 is 10.6 Å². The number of nitrogens with one attached hydrogen (secondary N) is 2. The molecule has 1 rings (SSSR count). The molecule has 0 heterocycles. The Balaban J connectivity index is 0.00000441. The lowest BCUT2D eigenvalue weighted by Crippen LogP contribution is -2.45. The summed E-state index contributed by atoms with van der Waals surface area (Å²) < 4.78 is 24.4. The number of hydrogen-bond donors (Lipinski definition) is 2. The standard InChI is InChI=1S/C14H30N4O2S.HI/c1-4-18(21(3,19)20)12-8-11-16-14(15-2)17-13-9-6-5-7-10-13;/h13H,4-12H2,1-3H3,(H2,15,16,17);1H. The third kappa shape index (κ3) is 8.52. The normalized spacial score (nSPS) is 17.2. The van der Waals surface area contributed by atoms with Crippen molar-refractivity contribution in [2.45, 2.75) is 51.5 Å². The first-order valence-electron chi connectivity index (χ1n) is 7.89. The van der Waals surface area contributed by atoms with Gasteiger partial charge in [0.1, 0.15) is 0 Å². The molecule has 8 heteroatoms. The van der Waals surface area contributed by atoms with Crippen LogP contribution in [-0.4, -0.2) is 57.7 Å².